The number of hydrogen-bond donors (Lipinski definition) is 0. The van der Waals surface area contributed by atoms with Gasteiger partial charge >= 0.3 is 0 Å². The first-order chi connectivity index (χ1) is 5.39. The third kappa shape index (κ3) is 45.5. The number of benzene rings is 1. The second-order valence-corrected chi connectivity index (χ2v) is 1.65. The zero-order valence-electron chi connectivity index (χ0n) is 12.4. The summed E-state index contributed by atoms with van der Waals surface area (Å²) in [6.45, 7) is 10.1. The molecule has 1 aromatic carbocycles. The van der Waals surface area contributed by atoms with Crippen LogP contribution in [0.1, 0.15) is 33.3 Å². The molecule has 0 bridgehead atoms. The van der Waals surface area contributed by atoms with Gasteiger partial charge in [0.2, 0.25) is 0 Å². The summed E-state index contributed by atoms with van der Waals surface area (Å²) >= 11 is 0. The molecule has 0 N–H and O–H groups in total. The topological polar surface area (TPSA) is 0 Å². The van der Waals surface area contributed by atoms with Crippen LogP contribution in [0.2, 0.25) is 0 Å². The van der Waals surface area contributed by atoms with E-state index in [2.05, 4.69) is 19.1 Å². The Morgan fingerprint density at radius 1 is 0.647 bits per heavy atom. The maximum Gasteiger partial charge on any atom is 0 e. The molecule has 17 heavy (non-hydrogen) atoms. The van der Waals surface area contributed by atoms with E-state index in [1.807, 2.05) is 45.9 Å². The average Bonchev–Trinajstić information content (AvgIpc) is 2.13. The Kier molecular flexibility index (Phi) is 151. The van der Waals surface area contributed by atoms with Crippen molar-refractivity contribution in [1.82, 2.24) is 0 Å². The molecule has 2 radical (unpaired) electrons. The van der Waals surface area contributed by atoms with Crippen LogP contribution in [-0.2, 0) is 108 Å². The monoisotopic (exact) mass is 728 g/mol. The van der Waals surface area contributed by atoms with Crippen molar-refractivity contribution in [2.45, 2.75) is 34.6 Å². The summed E-state index contributed by atoms with van der Waals surface area (Å²) in [6, 6.07) is 10.3. The second-order valence-electron chi connectivity index (χ2n) is 1.65. The van der Waals surface area contributed by atoms with Crippen LogP contribution in [0.25, 0.3) is 0 Å². The van der Waals surface area contributed by atoms with E-state index in [1.165, 1.54) is 5.56 Å². The molecular weight excluding hydrogens is 702 g/mol. The Morgan fingerprint density at radius 3 is 1.00 bits per heavy atom. The minimum atomic E-state index is 0. The fourth-order valence-corrected chi connectivity index (χ4v) is 0.534. The van der Waals surface area contributed by atoms with Gasteiger partial charge in [-0.15, -0.1) is 0 Å². The van der Waals surface area contributed by atoms with Gasteiger partial charge in [-0.2, -0.15) is 0 Å². The van der Waals surface area contributed by atoms with E-state index in [1.54, 1.807) is 0 Å². The summed E-state index contributed by atoms with van der Waals surface area (Å²) in [7, 11) is 0. The largest absolute Gasteiger partial charge is 0.358 e. The van der Waals surface area contributed by atoms with Crippen LogP contribution >= 0.6 is 0 Å². The first-order valence-electron chi connectivity index (χ1n) is 4.41. The van der Waals surface area contributed by atoms with Crippen molar-refractivity contribution >= 4 is 0 Å². The van der Waals surface area contributed by atoms with Gasteiger partial charge in [0, 0.05) is 108 Å². The molecule has 0 atom stereocenters. The van der Waals surface area contributed by atoms with Gasteiger partial charge in [0.15, 0.2) is 0 Å². The molecule has 1 rings (SSSR count). The predicted octanol–water partition coefficient (Wildman–Crippen LogP) is 4.94. The minimum Gasteiger partial charge on any atom is -0.358 e. The Bertz CT molecular complexity index is 147. The van der Waals surface area contributed by atoms with E-state index in [-0.39, 0.29) is 122 Å². The molecule has 0 spiro atoms. The van der Waals surface area contributed by atoms with Gasteiger partial charge in [-0.3, -0.25) is 0 Å². The summed E-state index contributed by atoms with van der Waals surface area (Å²) < 4.78 is 0. The molecule has 0 unspecified atom stereocenters. The predicted molar refractivity (Wildman–Crippen MR) is 66.7 cm³/mol. The van der Waals surface area contributed by atoms with Gasteiger partial charge in [-0.1, -0.05) is 63.6 Å². The van der Waals surface area contributed by atoms with E-state index < -0.39 is 0 Å². The molecule has 0 aliphatic rings. The summed E-state index contributed by atoms with van der Waals surface area (Å²) in [4.78, 5) is 0. The fourth-order valence-electron chi connectivity index (χ4n) is 0.534. The van der Waals surface area contributed by atoms with E-state index in [9.17, 15) is 0 Å². The molecule has 0 saturated heterocycles. The normalized spacial score (nSPS) is 4.29. The second kappa shape index (κ2) is 51.1. The summed E-state index contributed by atoms with van der Waals surface area (Å²) in [6.07, 6.45) is 0. The molecule has 0 aromatic heterocycles. The van der Waals surface area contributed by atoms with Crippen LogP contribution in [-0.4, -0.2) is 0 Å². The van der Waals surface area contributed by atoms with Crippen molar-refractivity contribution in [1.29, 1.82) is 0 Å². The molecule has 98 valence electrons. The SMILES string of the molecule is CC.CC.Cc1ccccc1.[CH3-].[CH3-].[W].[W].[Y].[Y]. The Labute approximate surface area is 190 Å². The van der Waals surface area contributed by atoms with Crippen molar-refractivity contribution < 1.29 is 108 Å². The van der Waals surface area contributed by atoms with Gasteiger partial charge in [0.1, 0.15) is 0 Å². The van der Waals surface area contributed by atoms with E-state index in [0.717, 1.165) is 0 Å². The quantitative estimate of drug-likeness (QED) is 0.333. The standard InChI is InChI=1S/C7H8.2C2H6.2CH3.2W.2Y/c1-7-5-3-2-4-6-7;2*1-2;;;;;;/h2-6H,1H3;2*1-2H3;2*1H3;;;;/q;;;2*-1;;;;. The zero-order valence-corrected chi connectivity index (χ0v) is 23.9. The molecule has 0 aliphatic carbocycles. The smallest absolute Gasteiger partial charge is 0 e. The third-order valence-electron chi connectivity index (χ3n) is 0.940. The first kappa shape index (κ1) is 50.3. The molecular formula is C13H26W2Y2-2. The summed E-state index contributed by atoms with van der Waals surface area (Å²) in [5, 5.41) is 0. The van der Waals surface area contributed by atoms with Gasteiger partial charge < -0.3 is 14.9 Å². The summed E-state index contributed by atoms with van der Waals surface area (Å²) in [5.74, 6) is 0. The maximum atomic E-state index is 2.08. The van der Waals surface area contributed by atoms with Crippen LogP contribution in [0, 0.1) is 21.8 Å². The number of aryl methyl sites for hydroxylation is 1. The van der Waals surface area contributed by atoms with Crippen LogP contribution in [0.3, 0.4) is 0 Å². The van der Waals surface area contributed by atoms with Crippen LogP contribution in [0.15, 0.2) is 30.3 Å². The van der Waals surface area contributed by atoms with Crippen molar-refractivity contribution in [2.75, 3.05) is 0 Å². The van der Waals surface area contributed by atoms with Crippen molar-refractivity contribution in [2.24, 2.45) is 0 Å². The molecule has 0 fully saturated rings. The molecule has 0 nitrogen and oxygen atoms in total. The molecule has 0 saturated carbocycles. The number of rotatable bonds is 0. The molecule has 0 heterocycles. The van der Waals surface area contributed by atoms with Crippen LogP contribution in [0.4, 0.5) is 0 Å². The molecule has 1 aromatic rings. The van der Waals surface area contributed by atoms with Gasteiger partial charge in [-0.25, -0.2) is 0 Å². The molecule has 0 aliphatic heterocycles. The first-order valence-corrected chi connectivity index (χ1v) is 4.41. The average molecular weight is 728 g/mol. The minimum absolute atomic E-state index is 0. The van der Waals surface area contributed by atoms with Gasteiger partial charge in [-0.05, 0) is 6.92 Å². The Hall–Kier alpha value is 2.80. The maximum absolute atomic E-state index is 2.08. The van der Waals surface area contributed by atoms with Crippen molar-refractivity contribution in [3.05, 3.63) is 50.7 Å². The van der Waals surface area contributed by atoms with E-state index in [4.69, 9.17) is 0 Å². The van der Waals surface area contributed by atoms with Crippen LogP contribution < -0.4 is 0 Å². The molecule has 0 amide bonds. The molecule has 4 heteroatoms. The summed E-state index contributed by atoms with van der Waals surface area (Å²) in [5.41, 5.74) is 1.32. The van der Waals surface area contributed by atoms with E-state index in [0.29, 0.717) is 0 Å². The zero-order chi connectivity index (χ0) is 9.11. The van der Waals surface area contributed by atoms with Crippen molar-refractivity contribution in [3.8, 4) is 0 Å². The third-order valence-corrected chi connectivity index (χ3v) is 0.940. The van der Waals surface area contributed by atoms with Gasteiger partial charge in [0.05, 0.1) is 0 Å². The Morgan fingerprint density at radius 2 is 0.882 bits per heavy atom. The van der Waals surface area contributed by atoms with Gasteiger partial charge in [0.25, 0.3) is 0 Å². The number of hydrogen-bond acceptors (Lipinski definition) is 0. The van der Waals surface area contributed by atoms with Crippen molar-refractivity contribution in [3.63, 3.8) is 0 Å². The van der Waals surface area contributed by atoms with E-state index >= 15 is 0 Å². The Balaban J connectivity index is -0.0000000125. The van der Waals surface area contributed by atoms with Crippen LogP contribution in [0.5, 0.6) is 0 Å². The fraction of sp³-hybridized carbons (Fsp3) is 0.385.